The van der Waals surface area contributed by atoms with Crippen LogP contribution in [0.1, 0.15) is 6.42 Å². The van der Waals surface area contributed by atoms with E-state index < -0.39 is 41.5 Å². The second-order valence-electron chi connectivity index (χ2n) is 4.60. The van der Waals surface area contributed by atoms with E-state index in [1.807, 2.05) is 11.1 Å². The van der Waals surface area contributed by atoms with Crippen molar-refractivity contribution in [1.82, 2.24) is 9.55 Å². The van der Waals surface area contributed by atoms with Gasteiger partial charge in [-0.05, 0) is 6.42 Å². The fourth-order valence-corrected chi connectivity index (χ4v) is 2.49. The zero-order valence-corrected chi connectivity index (χ0v) is 9.85. The van der Waals surface area contributed by atoms with Gasteiger partial charge in [0.1, 0.15) is 6.10 Å². The Labute approximate surface area is 107 Å². The van der Waals surface area contributed by atoms with Gasteiger partial charge in [0, 0.05) is 24.8 Å². The summed E-state index contributed by atoms with van der Waals surface area (Å²) in [6.45, 7) is -0.417. The van der Waals surface area contributed by atoms with Crippen molar-refractivity contribution < 1.29 is 15.3 Å². The fraction of sp³-hybridized carbons (Fsp3) is 0.545. The van der Waals surface area contributed by atoms with Gasteiger partial charge in [0.05, 0.1) is 12.2 Å². The third kappa shape index (κ3) is 1.88. The van der Waals surface area contributed by atoms with Gasteiger partial charge < -0.3 is 15.3 Å². The summed E-state index contributed by atoms with van der Waals surface area (Å²) < 4.78 is 0.887. The quantitative estimate of drug-likeness (QED) is 0.466. The van der Waals surface area contributed by atoms with Gasteiger partial charge in [-0.1, -0.05) is 0 Å². The summed E-state index contributed by atoms with van der Waals surface area (Å²) in [4.78, 5) is 24.7. The van der Waals surface area contributed by atoms with Gasteiger partial charge in [-0.25, -0.2) is 4.79 Å². The Kier molecular flexibility index (Phi) is 3.28. The first-order valence-corrected chi connectivity index (χ1v) is 5.67. The Bertz CT molecular complexity index is 630. The molecular formula is C11H13N3O5. The smallest absolute Gasteiger partial charge is 0.329 e. The molecule has 0 aromatic carbocycles. The van der Waals surface area contributed by atoms with E-state index in [1.165, 1.54) is 0 Å². The molecule has 1 aromatic heterocycles. The minimum Gasteiger partial charge on any atom is -0.396 e. The van der Waals surface area contributed by atoms with Crippen LogP contribution in [-0.2, 0) is 5.54 Å². The molecule has 1 saturated carbocycles. The van der Waals surface area contributed by atoms with E-state index in [-0.39, 0.29) is 6.42 Å². The molecular weight excluding hydrogens is 254 g/mol. The van der Waals surface area contributed by atoms with Crippen LogP contribution in [0, 0.1) is 17.2 Å². The molecule has 1 aliphatic carbocycles. The van der Waals surface area contributed by atoms with E-state index in [2.05, 4.69) is 0 Å². The van der Waals surface area contributed by atoms with Crippen LogP contribution in [0.4, 0.5) is 0 Å². The van der Waals surface area contributed by atoms with Crippen molar-refractivity contribution in [3.63, 3.8) is 0 Å². The third-order valence-corrected chi connectivity index (χ3v) is 3.55. The summed E-state index contributed by atoms with van der Waals surface area (Å²) in [6, 6.07) is 2.87. The molecule has 1 fully saturated rings. The van der Waals surface area contributed by atoms with Crippen molar-refractivity contribution in [3.8, 4) is 6.07 Å². The minimum atomic E-state index is -1.70. The molecule has 8 heteroatoms. The lowest BCUT2D eigenvalue weighted by molar-refractivity contribution is -0.0169. The van der Waals surface area contributed by atoms with Crippen LogP contribution in [0.5, 0.6) is 0 Å². The van der Waals surface area contributed by atoms with Crippen LogP contribution in [0.15, 0.2) is 21.9 Å². The number of nitrogens with zero attached hydrogens (tertiary/aromatic N) is 2. The number of rotatable bonds is 2. The highest BCUT2D eigenvalue weighted by atomic mass is 16.3. The van der Waals surface area contributed by atoms with Crippen LogP contribution in [0.3, 0.4) is 0 Å². The first-order valence-electron chi connectivity index (χ1n) is 5.67. The molecule has 0 aliphatic heterocycles. The highest BCUT2D eigenvalue weighted by Gasteiger charge is 2.54. The average Bonchev–Trinajstić information content (AvgIpc) is 2.64. The SMILES string of the molecule is N#C[C@@]1(n2ccc(=O)[nH]c2=O)C[C@H](CO)C(O)[C@@H]1O. The van der Waals surface area contributed by atoms with E-state index in [0.29, 0.717) is 0 Å². The molecule has 0 amide bonds. The predicted octanol–water partition coefficient (Wildman–Crippen LogP) is -2.51. The highest BCUT2D eigenvalue weighted by molar-refractivity contribution is 5.18. The Morgan fingerprint density at radius 2 is 2.21 bits per heavy atom. The standard InChI is InChI=1S/C11H13N3O5/c12-5-11(3-6(4-15)8(17)9(11)18)14-2-1-7(16)13-10(14)19/h1-2,6,8-9,15,17-18H,3-4H2,(H,13,16,19)/t6-,8?,9+,11+/m1/s1. The van der Waals surface area contributed by atoms with E-state index in [4.69, 9.17) is 5.11 Å². The molecule has 102 valence electrons. The number of aliphatic hydroxyl groups excluding tert-OH is 3. The Balaban J connectivity index is 2.59. The lowest BCUT2D eigenvalue weighted by atomic mass is 9.95. The fourth-order valence-electron chi connectivity index (χ4n) is 2.49. The second kappa shape index (κ2) is 4.62. The molecule has 4 N–H and O–H groups in total. The summed E-state index contributed by atoms with van der Waals surface area (Å²) in [5.74, 6) is -0.714. The van der Waals surface area contributed by atoms with E-state index in [0.717, 1.165) is 16.8 Å². The average molecular weight is 267 g/mol. The van der Waals surface area contributed by atoms with Crippen molar-refractivity contribution in [2.75, 3.05) is 6.61 Å². The first-order chi connectivity index (χ1) is 8.96. The summed E-state index contributed by atoms with van der Waals surface area (Å²) in [6.07, 6.45) is -1.84. The lowest BCUT2D eigenvalue weighted by Crippen LogP contribution is -2.49. The van der Waals surface area contributed by atoms with Gasteiger partial charge in [0.2, 0.25) is 0 Å². The van der Waals surface area contributed by atoms with E-state index >= 15 is 0 Å². The zero-order chi connectivity index (χ0) is 14.2. The van der Waals surface area contributed by atoms with E-state index in [1.54, 1.807) is 0 Å². The third-order valence-electron chi connectivity index (χ3n) is 3.55. The number of aromatic nitrogens is 2. The van der Waals surface area contributed by atoms with Crippen molar-refractivity contribution in [1.29, 1.82) is 5.26 Å². The largest absolute Gasteiger partial charge is 0.396 e. The topological polar surface area (TPSA) is 139 Å². The summed E-state index contributed by atoms with van der Waals surface area (Å²) in [5, 5.41) is 38.2. The number of nitriles is 1. The Morgan fingerprint density at radius 3 is 2.68 bits per heavy atom. The second-order valence-corrected chi connectivity index (χ2v) is 4.60. The van der Waals surface area contributed by atoms with Crippen LogP contribution >= 0.6 is 0 Å². The maximum atomic E-state index is 11.7. The minimum absolute atomic E-state index is 0.0890. The van der Waals surface area contributed by atoms with Gasteiger partial charge in [-0.15, -0.1) is 0 Å². The number of hydrogen-bond donors (Lipinski definition) is 4. The van der Waals surface area contributed by atoms with E-state index in [9.17, 15) is 25.1 Å². The molecule has 1 aliphatic rings. The number of H-pyrrole nitrogens is 1. The van der Waals surface area contributed by atoms with Crippen LogP contribution in [0.2, 0.25) is 0 Å². The summed E-state index contributed by atoms with van der Waals surface area (Å²) in [5.41, 5.74) is -3.17. The Morgan fingerprint density at radius 1 is 1.53 bits per heavy atom. The molecule has 1 heterocycles. The van der Waals surface area contributed by atoms with Crippen LogP contribution in [-0.4, -0.2) is 43.7 Å². The van der Waals surface area contributed by atoms with Crippen LogP contribution < -0.4 is 11.2 Å². The maximum Gasteiger partial charge on any atom is 0.329 e. The number of aromatic amines is 1. The van der Waals surface area contributed by atoms with Crippen molar-refractivity contribution in [3.05, 3.63) is 33.1 Å². The molecule has 0 radical (unpaired) electrons. The molecule has 8 nitrogen and oxygen atoms in total. The van der Waals surface area contributed by atoms with Gasteiger partial charge in [-0.3, -0.25) is 14.3 Å². The van der Waals surface area contributed by atoms with Crippen molar-refractivity contribution >= 4 is 0 Å². The number of nitrogens with one attached hydrogen (secondary N) is 1. The summed E-state index contributed by atoms with van der Waals surface area (Å²) in [7, 11) is 0. The molecule has 0 saturated heterocycles. The van der Waals surface area contributed by atoms with Gasteiger partial charge in [0.25, 0.3) is 5.56 Å². The highest BCUT2D eigenvalue weighted by Crippen LogP contribution is 2.39. The molecule has 0 spiro atoms. The predicted molar refractivity (Wildman–Crippen MR) is 62.1 cm³/mol. The first kappa shape index (κ1) is 13.5. The zero-order valence-electron chi connectivity index (χ0n) is 9.85. The number of hydrogen-bond acceptors (Lipinski definition) is 6. The molecule has 1 unspecified atom stereocenters. The molecule has 1 aromatic rings. The van der Waals surface area contributed by atoms with Crippen molar-refractivity contribution in [2.24, 2.45) is 5.92 Å². The monoisotopic (exact) mass is 267 g/mol. The maximum absolute atomic E-state index is 11.7. The molecule has 2 rings (SSSR count). The van der Waals surface area contributed by atoms with Gasteiger partial charge in [-0.2, -0.15) is 5.26 Å². The van der Waals surface area contributed by atoms with Gasteiger partial charge in [0.15, 0.2) is 5.54 Å². The van der Waals surface area contributed by atoms with Gasteiger partial charge >= 0.3 is 5.69 Å². The normalized spacial score (nSPS) is 34.1. The number of aliphatic hydroxyl groups is 3. The van der Waals surface area contributed by atoms with Crippen molar-refractivity contribution in [2.45, 2.75) is 24.2 Å². The molecule has 19 heavy (non-hydrogen) atoms. The Hall–Kier alpha value is -1.95. The lowest BCUT2D eigenvalue weighted by Gasteiger charge is -2.27. The molecule has 4 atom stereocenters. The van der Waals surface area contributed by atoms with Crippen LogP contribution in [0.25, 0.3) is 0 Å². The molecule has 0 bridgehead atoms. The summed E-state index contributed by atoms with van der Waals surface area (Å²) >= 11 is 0.